The number of hydrogen-bond acceptors (Lipinski definition) is 2. The molecule has 154 valence electrons. The number of hydrogen-bond donors (Lipinski definition) is 1. The van der Waals surface area contributed by atoms with Crippen molar-refractivity contribution in [2.75, 3.05) is 0 Å². The molecule has 1 fully saturated rings. The molecule has 2 amide bonds. The molecule has 0 unspecified atom stereocenters. The second-order valence-corrected chi connectivity index (χ2v) is 8.49. The number of rotatable bonds is 7. The van der Waals surface area contributed by atoms with E-state index in [1.54, 1.807) is 36.1 Å². The maximum atomic E-state index is 13.2. The minimum Gasteiger partial charge on any atom is -0.352 e. The fourth-order valence-corrected chi connectivity index (χ4v) is 4.02. The molecule has 0 spiro atoms. The Morgan fingerprint density at radius 3 is 2.38 bits per heavy atom. The van der Waals surface area contributed by atoms with Gasteiger partial charge in [0, 0.05) is 22.6 Å². The topological polar surface area (TPSA) is 49.4 Å². The van der Waals surface area contributed by atoms with Crippen molar-refractivity contribution in [3.8, 4) is 0 Å². The molecule has 1 saturated carbocycles. The van der Waals surface area contributed by atoms with Crippen LogP contribution in [0.15, 0.2) is 48.5 Å². The summed E-state index contributed by atoms with van der Waals surface area (Å²) in [5, 5.41) is 4.33. The third-order valence-corrected chi connectivity index (χ3v) is 5.87. The first-order valence-electron chi connectivity index (χ1n) is 10.0. The summed E-state index contributed by atoms with van der Waals surface area (Å²) in [6.45, 7) is 2.13. The van der Waals surface area contributed by atoms with Crippen LogP contribution in [0, 0.1) is 0 Å². The maximum absolute atomic E-state index is 13.2. The predicted octanol–water partition coefficient (Wildman–Crippen LogP) is 5.01. The van der Waals surface area contributed by atoms with Gasteiger partial charge in [-0.3, -0.25) is 9.59 Å². The van der Waals surface area contributed by atoms with Crippen LogP contribution in [0.25, 0.3) is 0 Å². The van der Waals surface area contributed by atoms with Gasteiger partial charge in [0.1, 0.15) is 6.04 Å². The van der Waals surface area contributed by atoms with Gasteiger partial charge in [-0.2, -0.15) is 0 Å². The van der Waals surface area contributed by atoms with Crippen molar-refractivity contribution in [3.63, 3.8) is 0 Å². The van der Waals surface area contributed by atoms with E-state index in [0.29, 0.717) is 16.6 Å². The Balaban J connectivity index is 1.76. The van der Waals surface area contributed by atoms with Gasteiger partial charge in [0.2, 0.25) is 11.8 Å². The summed E-state index contributed by atoms with van der Waals surface area (Å²) in [6, 6.07) is 14.2. The first-order chi connectivity index (χ1) is 13.9. The van der Waals surface area contributed by atoms with Gasteiger partial charge in [0.05, 0.1) is 6.42 Å². The SMILES string of the molecule is C[C@H](C(=O)NC1CCCC1)N(Cc1ccc(Cl)cc1)C(=O)Cc1cccc(Cl)c1. The number of carbonyl (C=O) groups excluding carboxylic acids is 2. The van der Waals surface area contributed by atoms with Crippen molar-refractivity contribution in [2.45, 2.75) is 57.7 Å². The Kier molecular flexibility index (Phi) is 7.57. The molecule has 0 aliphatic heterocycles. The molecule has 1 N–H and O–H groups in total. The number of benzene rings is 2. The van der Waals surface area contributed by atoms with Gasteiger partial charge in [-0.25, -0.2) is 0 Å². The van der Waals surface area contributed by atoms with Crippen LogP contribution in [0.5, 0.6) is 0 Å². The van der Waals surface area contributed by atoms with Gasteiger partial charge >= 0.3 is 0 Å². The number of amides is 2. The van der Waals surface area contributed by atoms with Gasteiger partial charge in [-0.1, -0.05) is 60.3 Å². The zero-order valence-corrected chi connectivity index (χ0v) is 18.0. The summed E-state index contributed by atoms with van der Waals surface area (Å²) in [4.78, 5) is 27.6. The molecule has 1 aliphatic rings. The normalized spacial score (nSPS) is 15.1. The van der Waals surface area contributed by atoms with Crippen LogP contribution < -0.4 is 5.32 Å². The van der Waals surface area contributed by atoms with Crippen LogP contribution >= 0.6 is 23.2 Å². The van der Waals surface area contributed by atoms with Crippen LogP contribution in [0.3, 0.4) is 0 Å². The van der Waals surface area contributed by atoms with Crippen LogP contribution in [0.1, 0.15) is 43.7 Å². The first kappa shape index (κ1) is 21.7. The minimum atomic E-state index is -0.571. The Morgan fingerprint density at radius 1 is 1.03 bits per heavy atom. The molecule has 1 aliphatic carbocycles. The summed E-state index contributed by atoms with van der Waals surface area (Å²) in [5.74, 6) is -0.221. The van der Waals surface area contributed by atoms with E-state index >= 15 is 0 Å². The zero-order chi connectivity index (χ0) is 20.8. The highest BCUT2D eigenvalue weighted by Gasteiger charge is 2.28. The highest BCUT2D eigenvalue weighted by Crippen LogP contribution is 2.20. The standard InChI is InChI=1S/C23H26Cl2N2O2/c1-16(23(29)26-21-7-2-3-8-21)27(15-17-9-11-19(24)12-10-17)22(28)14-18-5-4-6-20(25)13-18/h4-6,9-13,16,21H,2-3,7-8,14-15H2,1H3,(H,26,29)/t16-/m1/s1. The maximum Gasteiger partial charge on any atom is 0.242 e. The average molecular weight is 433 g/mol. The third kappa shape index (κ3) is 6.22. The summed E-state index contributed by atoms with van der Waals surface area (Å²) >= 11 is 12.0. The molecule has 0 bridgehead atoms. The molecule has 0 radical (unpaired) electrons. The zero-order valence-electron chi connectivity index (χ0n) is 16.5. The van der Waals surface area contributed by atoms with Crippen LogP contribution in [-0.4, -0.2) is 28.8 Å². The van der Waals surface area contributed by atoms with Crippen LogP contribution in [0.2, 0.25) is 10.0 Å². The van der Waals surface area contributed by atoms with E-state index in [1.165, 1.54) is 0 Å². The summed E-state index contributed by atoms with van der Waals surface area (Å²) in [5.41, 5.74) is 1.75. The van der Waals surface area contributed by atoms with Gasteiger partial charge in [-0.05, 0) is 55.2 Å². The van der Waals surface area contributed by atoms with Crippen LogP contribution in [-0.2, 0) is 22.6 Å². The Hall–Kier alpha value is -2.04. The number of carbonyl (C=O) groups is 2. The lowest BCUT2D eigenvalue weighted by atomic mass is 10.1. The third-order valence-electron chi connectivity index (χ3n) is 5.38. The molecule has 0 heterocycles. The molecular weight excluding hydrogens is 407 g/mol. The lowest BCUT2D eigenvalue weighted by Gasteiger charge is -2.30. The summed E-state index contributed by atoms with van der Waals surface area (Å²) < 4.78 is 0. The van der Waals surface area contributed by atoms with E-state index in [1.807, 2.05) is 24.3 Å². The molecule has 3 rings (SSSR count). The molecule has 6 heteroatoms. The van der Waals surface area contributed by atoms with E-state index in [2.05, 4.69) is 5.32 Å². The van der Waals surface area contributed by atoms with E-state index in [9.17, 15) is 9.59 Å². The molecule has 2 aromatic rings. The minimum absolute atomic E-state index is 0.106. The molecule has 4 nitrogen and oxygen atoms in total. The van der Waals surface area contributed by atoms with E-state index in [4.69, 9.17) is 23.2 Å². The van der Waals surface area contributed by atoms with Crippen molar-refractivity contribution >= 4 is 35.0 Å². The molecule has 2 aromatic carbocycles. The lowest BCUT2D eigenvalue weighted by molar-refractivity contribution is -0.140. The van der Waals surface area contributed by atoms with Crippen molar-refractivity contribution < 1.29 is 9.59 Å². The van der Waals surface area contributed by atoms with E-state index < -0.39 is 6.04 Å². The number of nitrogens with zero attached hydrogens (tertiary/aromatic N) is 1. The van der Waals surface area contributed by atoms with E-state index in [0.717, 1.165) is 36.8 Å². The molecule has 29 heavy (non-hydrogen) atoms. The van der Waals surface area contributed by atoms with E-state index in [-0.39, 0.29) is 24.3 Å². The smallest absolute Gasteiger partial charge is 0.242 e. The quantitative estimate of drug-likeness (QED) is 0.667. The molecule has 0 saturated heterocycles. The highest BCUT2D eigenvalue weighted by molar-refractivity contribution is 6.30. The number of nitrogens with one attached hydrogen (secondary N) is 1. The molecular formula is C23H26Cl2N2O2. The fourth-order valence-electron chi connectivity index (χ4n) is 3.68. The predicted molar refractivity (Wildman–Crippen MR) is 117 cm³/mol. The molecule has 0 aromatic heterocycles. The lowest BCUT2D eigenvalue weighted by Crippen LogP contribution is -2.50. The monoisotopic (exact) mass is 432 g/mol. The van der Waals surface area contributed by atoms with Gasteiger partial charge in [-0.15, -0.1) is 0 Å². The van der Waals surface area contributed by atoms with Crippen molar-refractivity contribution in [3.05, 3.63) is 69.7 Å². The first-order valence-corrected chi connectivity index (χ1v) is 10.8. The van der Waals surface area contributed by atoms with Crippen LogP contribution in [0.4, 0.5) is 0 Å². The number of halogens is 2. The van der Waals surface area contributed by atoms with Crippen molar-refractivity contribution in [2.24, 2.45) is 0 Å². The Labute approximate surface area is 182 Å². The summed E-state index contributed by atoms with van der Waals surface area (Å²) in [6.07, 6.45) is 4.48. The highest BCUT2D eigenvalue weighted by atomic mass is 35.5. The van der Waals surface area contributed by atoms with Gasteiger partial charge in [0.15, 0.2) is 0 Å². The molecule has 1 atom stereocenters. The second kappa shape index (κ2) is 10.1. The largest absolute Gasteiger partial charge is 0.352 e. The second-order valence-electron chi connectivity index (χ2n) is 7.62. The Morgan fingerprint density at radius 2 is 1.72 bits per heavy atom. The average Bonchev–Trinajstić information content (AvgIpc) is 3.20. The van der Waals surface area contributed by atoms with Gasteiger partial charge < -0.3 is 10.2 Å². The fraction of sp³-hybridized carbons (Fsp3) is 0.391. The Bertz CT molecular complexity index is 848. The summed E-state index contributed by atoms with van der Waals surface area (Å²) in [7, 11) is 0. The van der Waals surface area contributed by atoms with Gasteiger partial charge in [0.25, 0.3) is 0 Å². The van der Waals surface area contributed by atoms with Crippen molar-refractivity contribution in [1.82, 2.24) is 10.2 Å². The van der Waals surface area contributed by atoms with Crippen molar-refractivity contribution in [1.29, 1.82) is 0 Å².